The summed E-state index contributed by atoms with van der Waals surface area (Å²) in [4.78, 5) is 18.2. The highest BCUT2D eigenvalue weighted by atomic mass is 79.9. The number of hydrogen-bond acceptors (Lipinski definition) is 4. The van der Waals surface area contributed by atoms with Crippen LogP contribution in [0.25, 0.3) is 10.2 Å². The van der Waals surface area contributed by atoms with Gasteiger partial charge in [-0.3, -0.25) is 4.79 Å². The number of nitrogens with zero attached hydrogens (tertiary/aromatic N) is 1. The van der Waals surface area contributed by atoms with Crippen molar-refractivity contribution in [3.8, 4) is 0 Å². The van der Waals surface area contributed by atoms with E-state index in [2.05, 4.69) is 38.9 Å². The van der Waals surface area contributed by atoms with Crippen LogP contribution in [0.15, 0.2) is 17.1 Å². The van der Waals surface area contributed by atoms with Gasteiger partial charge < -0.3 is 11.1 Å². The van der Waals surface area contributed by atoms with Gasteiger partial charge in [0.2, 0.25) is 0 Å². The fraction of sp³-hybridized carbons (Fsp3) is 0.286. The molecular weight excluding hydrogens is 338 g/mol. The number of rotatable bonds is 3. The summed E-state index contributed by atoms with van der Waals surface area (Å²) in [6, 6.07) is 2.09. The minimum Gasteiger partial charge on any atom is -0.397 e. The number of nitrogens with two attached hydrogens (primary N) is 1. The molecule has 0 spiro atoms. The maximum absolute atomic E-state index is 12.1. The molecule has 0 atom stereocenters. The second-order valence-corrected chi connectivity index (χ2v) is 6.97. The molecule has 104 valence electrons. The van der Waals surface area contributed by atoms with Crippen LogP contribution in [0.3, 0.4) is 0 Å². The Kier molecular flexibility index (Phi) is 3.52. The van der Waals surface area contributed by atoms with E-state index in [9.17, 15) is 4.79 Å². The zero-order valence-electron chi connectivity index (χ0n) is 10.8. The zero-order chi connectivity index (χ0) is 14.3. The van der Waals surface area contributed by atoms with Crippen LogP contribution in [0.2, 0.25) is 0 Å². The summed E-state index contributed by atoms with van der Waals surface area (Å²) in [5, 5.41) is 3.68. The lowest BCUT2D eigenvalue weighted by Gasteiger charge is -2.02. The Morgan fingerprint density at radius 3 is 3.10 bits per heavy atom. The third kappa shape index (κ3) is 2.33. The average Bonchev–Trinajstić information content (AvgIpc) is 2.98. The molecule has 0 aromatic carbocycles. The molecule has 0 saturated heterocycles. The van der Waals surface area contributed by atoms with Crippen molar-refractivity contribution in [2.75, 3.05) is 12.3 Å². The van der Waals surface area contributed by atoms with Crippen LogP contribution in [0.1, 0.15) is 27.3 Å². The number of aromatic nitrogens is 1. The van der Waals surface area contributed by atoms with Crippen molar-refractivity contribution in [3.05, 3.63) is 33.3 Å². The predicted octanol–water partition coefficient (Wildman–Crippen LogP) is 3.01. The van der Waals surface area contributed by atoms with E-state index in [4.69, 9.17) is 5.73 Å². The van der Waals surface area contributed by atoms with E-state index in [1.165, 1.54) is 16.9 Å². The van der Waals surface area contributed by atoms with Crippen LogP contribution in [-0.4, -0.2) is 17.4 Å². The normalized spacial score (nSPS) is 13.4. The first-order valence-corrected chi connectivity index (χ1v) is 7.99. The predicted molar refractivity (Wildman–Crippen MR) is 86.5 cm³/mol. The van der Waals surface area contributed by atoms with Gasteiger partial charge in [-0.15, -0.1) is 11.3 Å². The van der Waals surface area contributed by atoms with Gasteiger partial charge >= 0.3 is 0 Å². The van der Waals surface area contributed by atoms with Crippen molar-refractivity contribution in [1.82, 2.24) is 10.3 Å². The molecule has 0 fully saturated rings. The Balaban J connectivity index is 1.99. The Hall–Kier alpha value is -1.40. The molecule has 20 heavy (non-hydrogen) atoms. The lowest BCUT2D eigenvalue weighted by Crippen LogP contribution is -2.24. The van der Waals surface area contributed by atoms with E-state index in [0.29, 0.717) is 17.1 Å². The van der Waals surface area contributed by atoms with Crippen LogP contribution in [0.4, 0.5) is 5.69 Å². The second kappa shape index (κ2) is 5.18. The summed E-state index contributed by atoms with van der Waals surface area (Å²) in [6.07, 6.45) is 3.23. The molecule has 1 amide bonds. The minimum absolute atomic E-state index is 0.175. The fourth-order valence-electron chi connectivity index (χ4n) is 2.42. The van der Waals surface area contributed by atoms with Gasteiger partial charge in [-0.2, -0.15) is 0 Å². The minimum atomic E-state index is -0.175. The summed E-state index contributed by atoms with van der Waals surface area (Å²) in [7, 11) is 0. The topological polar surface area (TPSA) is 68.0 Å². The highest BCUT2D eigenvalue weighted by Crippen LogP contribution is 2.35. The number of pyridine rings is 1. The Morgan fingerprint density at radius 2 is 2.35 bits per heavy atom. The highest BCUT2D eigenvalue weighted by molar-refractivity contribution is 9.11. The van der Waals surface area contributed by atoms with Crippen LogP contribution in [0, 0.1) is 0 Å². The molecule has 0 unspecified atom stereocenters. The molecule has 2 aromatic rings. The number of nitrogens with one attached hydrogen (secondary N) is 1. The molecule has 0 radical (unpaired) electrons. The fourth-order valence-corrected chi connectivity index (χ4v) is 3.58. The first-order chi connectivity index (χ1) is 9.56. The quantitative estimate of drug-likeness (QED) is 0.892. The van der Waals surface area contributed by atoms with E-state index >= 15 is 0 Å². The summed E-state index contributed by atoms with van der Waals surface area (Å²) >= 11 is 4.57. The molecule has 0 bridgehead atoms. The van der Waals surface area contributed by atoms with Crippen molar-refractivity contribution in [1.29, 1.82) is 0 Å². The SMILES string of the molecule is C=C(Br)CNC(=O)c1sc2nc3c(cc2c1N)CCC3. The monoisotopic (exact) mass is 351 g/mol. The molecule has 3 N–H and O–H groups in total. The van der Waals surface area contributed by atoms with E-state index in [1.54, 1.807) is 0 Å². The van der Waals surface area contributed by atoms with Crippen LogP contribution >= 0.6 is 27.3 Å². The number of carbonyl (C=O) groups excluding carboxylic acids is 1. The lowest BCUT2D eigenvalue weighted by molar-refractivity contribution is 0.0962. The number of fused-ring (bicyclic) bond motifs is 2. The standard InChI is InChI=1S/C14H14BrN3OS/c1-7(15)6-17-13(19)12-11(16)9-5-8-3-2-4-10(8)18-14(9)20-12/h5H,1-4,6,16H2,(H,17,19). The Bertz CT molecular complexity index is 723. The van der Waals surface area contributed by atoms with Crippen molar-refractivity contribution in [2.45, 2.75) is 19.3 Å². The molecule has 0 saturated carbocycles. The lowest BCUT2D eigenvalue weighted by atomic mass is 10.1. The summed E-state index contributed by atoms with van der Waals surface area (Å²) in [6.45, 7) is 4.07. The number of nitrogen functional groups attached to an aromatic ring is 1. The molecule has 6 heteroatoms. The van der Waals surface area contributed by atoms with Gasteiger partial charge in [-0.05, 0) is 30.9 Å². The van der Waals surface area contributed by atoms with Crippen molar-refractivity contribution in [2.24, 2.45) is 0 Å². The van der Waals surface area contributed by atoms with Gasteiger partial charge in [-0.25, -0.2) is 4.98 Å². The van der Waals surface area contributed by atoms with Gasteiger partial charge in [0.15, 0.2) is 0 Å². The van der Waals surface area contributed by atoms with Crippen molar-refractivity contribution < 1.29 is 4.79 Å². The number of hydrogen-bond donors (Lipinski definition) is 2. The molecule has 2 aromatic heterocycles. The average molecular weight is 352 g/mol. The van der Waals surface area contributed by atoms with Gasteiger partial charge in [-0.1, -0.05) is 22.5 Å². The van der Waals surface area contributed by atoms with Gasteiger partial charge in [0, 0.05) is 22.1 Å². The Labute approximate surface area is 129 Å². The summed E-state index contributed by atoms with van der Waals surface area (Å²) in [5.41, 5.74) is 9.07. The first-order valence-electron chi connectivity index (χ1n) is 6.38. The van der Waals surface area contributed by atoms with E-state index < -0.39 is 0 Å². The molecule has 1 aliphatic rings. The molecule has 4 nitrogen and oxygen atoms in total. The highest BCUT2D eigenvalue weighted by Gasteiger charge is 2.20. The summed E-state index contributed by atoms with van der Waals surface area (Å²) < 4.78 is 0.725. The van der Waals surface area contributed by atoms with Crippen LogP contribution in [-0.2, 0) is 12.8 Å². The van der Waals surface area contributed by atoms with E-state index in [-0.39, 0.29) is 5.91 Å². The van der Waals surface area contributed by atoms with Crippen molar-refractivity contribution in [3.63, 3.8) is 0 Å². The Morgan fingerprint density at radius 1 is 1.55 bits per heavy atom. The van der Waals surface area contributed by atoms with E-state index in [0.717, 1.165) is 39.7 Å². The largest absolute Gasteiger partial charge is 0.397 e. The molecule has 0 aliphatic heterocycles. The molecule has 3 rings (SSSR count). The van der Waals surface area contributed by atoms with Crippen LogP contribution < -0.4 is 11.1 Å². The third-order valence-corrected chi connectivity index (χ3v) is 4.79. The molecule has 1 aliphatic carbocycles. The number of amides is 1. The maximum atomic E-state index is 12.1. The third-order valence-electron chi connectivity index (χ3n) is 3.40. The number of aryl methyl sites for hydroxylation is 2. The first kappa shape index (κ1) is 13.6. The van der Waals surface area contributed by atoms with Crippen LogP contribution in [0.5, 0.6) is 0 Å². The number of anilines is 1. The second-order valence-electron chi connectivity index (χ2n) is 4.85. The van der Waals surface area contributed by atoms with Gasteiger partial charge in [0.1, 0.15) is 9.71 Å². The molecule has 2 heterocycles. The number of carbonyl (C=O) groups is 1. The number of thiophene rings is 1. The smallest absolute Gasteiger partial charge is 0.263 e. The number of halogens is 1. The van der Waals surface area contributed by atoms with Gasteiger partial charge in [0.05, 0.1) is 5.69 Å². The summed E-state index contributed by atoms with van der Waals surface area (Å²) in [5.74, 6) is -0.175. The van der Waals surface area contributed by atoms with Crippen molar-refractivity contribution >= 4 is 49.1 Å². The maximum Gasteiger partial charge on any atom is 0.263 e. The molecular formula is C14H14BrN3OS. The zero-order valence-corrected chi connectivity index (χ0v) is 13.2. The van der Waals surface area contributed by atoms with Gasteiger partial charge in [0.25, 0.3) is 5.91 Å². The van der Waals surface area contributed by atoms with E-state index in [1.807, 2.05) is 0 Å².